The van der Waals surface area contributed by atoms with Gasteiger partial charge < -0.3 is 9.64 Å². The SMILES string of the molecule is COc1ccc(C)cc1S(=O)(=O)N1CCN(c2ccc(C)cc2)CC1. The number of nitrogens with zero attached hydrogens (tertiary/aromatic N) is 2. The van der Waals surface area contributed by atoms with Gasteiger partial charge in [-0.15, -0.1) is 0 Å². The summed E-state index contributed by atoms with van der Waals surface area (Å²) in [5.41, 5.74) is 3.25. The molecule has 0 bridgehead atoms. The van der Waals surface area contributed by atoms with E-state index in [0.29, 0.717) is 31.9 Å². The highest BCUT2D eigenvalue weighted by atomic mass is 32.2. The number of rotatable bonds is 4. The van der Waals surface area contributed by atoms with Crippen LogP contribution in [0, 0.1) is 13.8 Å². The second-order valence-corrected chi connectivity index (χ2v) is 8.29. The topological polar surface area (TPSA) is 49.9 Å². The summed E-state index contributed by atoms with van der Waals surface area (Å²) in [6, 6.07) is 13.6. The first-order valence-corrected chi connectivity index (χ1v) is 9.82. The zero-order chi connectivity index (χ0) is 18.0. The Labute approximate surface area is 149 Å². The maximum absolute atomic E-state index is 13.0. The van der Waals surface area contributed by atoms with E-state index in [-0.39, 0.29) is 4.90 Å². The van der Waals surface area contributed by atoms with Gasteiger partial charge in [0.15, 0.2) is 0 Å². The van der Waals surface area contributed by atoms with Crippen molar-refractivity contribution in [2.24, 2.45) is 0 Å². The molecule has 1 heterocycles. The van der Waals surface area contributed by atoms with Crippen LogP contribution in [0.4, 0.5) is 5.69 Å². The highest BCUT2D eigenvalue weighted by Crippen LogP contribution is 2.29. The third-order valence-electron chi connectivity index (χ3n) is 4.57. The lowest BCUT2D eigenvalue weighted by Gasteiger charge is -2.35. The summed E-state index contributed by atoms with van der Waals surface area (Å²) in [4.78, 5) is 2.47. The van der Waals surface area contributed by atoms with Crippen LogP contribution in [0.2, 0.25) is 0 Å². The Bertz CT molecular complexity index is 839. The van der Waals surface area contributed by atoms with Gasteiger partial charge in [-0.05, 0) is 43.7 Å². The van der Waals surface area contributed by atoms with Gasteiger partial charge in [0.25, 0.3) is 0 Å². The Morgan fingerprint density at radius 3 is 2.08 bits per heavy atom. The normalized spacial score (nSPS) is 16.0. The van der Waals surface area contributed by atoms with Gasteiger partial charge in [-0.3, -0.25) is 0 Å². The number of anilines is 1. The predicted octanol–water partition coefficient (Wildman–Crippen LogP) is 2.82. The number of aryl methyl sites for hydroxylation is 2. The van der Waals surface area contributed by atoms with E-state index in [1.807, 2.05) is 13.0 Å². The van der Waals surface area contributed by atoms with Crippen molar-refractivity contribution < 1.29 is 13.2 Å². The van der Waals surface area contributed by atoms with Crippen molar-refractivity contribution in [2.75, 3.05) is 38.2 Å². The average molecular weight is 360 g/mol. The third-order valence-corrected chi connectivity index (χ3v) is 6.49. The second kappa shape index (κ2) is 7.06. The fourth-order valence-corrected chi connectivity index (χ4v) is 4.73. The van der Waals surface area contributed by atoms with E-state index >= 15 is 0 Å². The van der Waals surface area contributed by atoms with E-state index in [9.17, 15) is 8.42 Å². The van der Waals surface area contributed by atoms with Crippen LogP contribution in [0.25, 0.3) is 0 Å². The molecule has 1 aliphatic heterocycles. The number of methoxy groups -OCH3 is 1. The average Bonchev–Trinajstić information content (AvgIpc) is 2.62. The minimum Gasteiger partial charge on any atom is -0.495 e. The summed E-state index contributed by atoms with van der Waals surface area (Å²) in [5, 5.41) is 0. The van der Waals surface area contributed by atoms with Crippen molar-refractivity contribution >= 4 is 15.7 Å². The van der Waals surface area contributed by atoms with E-state index in [2.05, 4.69) is 36.1 Å². The molecule has 0 aromatic heterocycles. The first-order chi connectivity index (χ1) is 11.9. The minimum atomic E-state index is -3.56. The van der Waals surface area contributed by atoms with Gasteiger partial charge in [0.1, 0.15) is 10.6 Å². The van der Waals surface area contributed by atoms with Gasteiger partial charge in [0, 0.05) is 31.9 Å². The van der Waals surface area contributed by atoms with Crippen LogP contribution < -0.4 is 9.64 Å². The first-order valence-electron chi connectivity index (χ1n) is 8.38. The van der Waals surface area contributed by atoms with E-state index in [1.54, 1.807) is 16.4 Å². The van der Waals surface area contributed by atoms with Crippen molar-refractivity contribution in [3.63, 3.8) is 0 Å². The summed E-state index contributed by atoms with van der Waals surface area (Å²) in [7, 11) is -2.06. The van der Waals surface area contributed by atoms with Gasteiger partial charge in [-0.1, -0.05) is 23.8 Å². The monoisotopic (exact) mass is 360 g/mol. The van der Waals surface area contributed by atoms with Crippen LogP contribution in [0.1, 0.15) is 11.1 Å². The zero-order valence-electron chi connectivity index (χ0n) is 14.9. The van der Waals surface area contributed by atoms with E-state index in [4.69, 9.17) is 4.74 Å². The maximum Gasteiger partial charge on any atom is 0.246 e. The van der Waals surface area contributed by atoms with Crippen LogP contribution in [-0.2, 0) is 10.0 Å². The summed E-state index contributed by atoms with van der Waals surface area (Å²) >= 11 is 0. The molecule has 1 fully saturated rings. The number of benzene rings is 2. The molecule has 0 amide bonds. The molecule has 3 rings (SSSR count). The highest BCUT2D eigenvalue weighted by Gasteiger charge is 2.31. The van der Waals surface area contributed by atoms with Crippen LogP contribution in [0.5, 0.6) is 5.75 Å². The second-order valence-electron chi connectivity index (χ2n) is 6.38. The molecule has 2 aromatic rings. The van der Waals surface area contributed by atoms with Crippen molar-refractivity contribution in [3.05, 3.63) is 53.6 Å². The number of hydrogen-bond acceptors (Lipinski definition) is 4. The molecule has 0 aliphatic carbocycles. The maximum atomic E-state index is 13.0. The fraction of sp³-hybridized carbons (Fsp3) is 0.368. The molecule has 134 valence electrons. The third kappa shape index (κ3) is 3.65. The molecule has 1 aliphatic rings. The van der Waals surface area contributed by atoms with Gasteiger partial charge in [0.2, 0.25) is 10.0 Å². The summed E-state index contributed by atoms with van der Waals surface area (Å²) in [6.07, 6.45) is 0. The Morgan fingerprint density at radius 1 is 0.880 bits per heavy atom. The number of sulfonamides is 1. The summed E-state index contributed by atoms with van der Waals surface area (Å²) in [5.74, 6) is 0.395. The molecule has 6 heteroatoms. The van der Waals surface area contributed by atoms with Gasteiger partial charge in [-0.2, -0.15) is 4.31 Å². The lowest BCUT2D eigenvalue weighted by Crippen LogP contribution is -2.48. The Kier molecular flexibility index (Phi) is 5.01. The van der Waals surface area contributed by atoms with Crippen molar-refractivity contribution in [1.82, 2.24) is 4.31 Å². The molecular formula is C19H24N2O3S. The summed E-state index contributed by atoms with van der Waals surface area (Å²) < 4.78 is 32.9. The Balaban J connectivity index is 1.78. The van der Waals surface area contributed by atoms with Crippen molar-refractivity contribution in [3.8, 4) is 5.75 Å². The molecular weight excluding hydrogens is 336 g/mol. The van der Waals surface area contributed by atoms with Crippen LogP contribution in [-0.4, -0.2) is 46.0 Å². The quantitative estimate of drug-likeness (QED) is 0.841. The van der Waals surface area contributed by atoms with Crippen molar-refractivity contribution in [2.45, 2.75) is 18.7 Å². The van der Waals surface area contributed by atoms with Crippen molar-refractivity contribution in [1.29, 1.82) is 0 Å². The first kappa shape index (κ1) is 17.8. The fourth-order valence-electron chi connectivity index (χ4n) is 3.07. The van der Waals surface area contributed by atoms with E-state index in [1.165, 1.54) is 12.7 Å². The van der Waals surface area contributed by atoms with Crippen LogP contribution >= 0.6 is 0 Å². The number of ether oxygens (including phenoxy) is 1. The molecule has 0 saturated carbocycles. The number of piperazine rings is 1. The Hall–Kier alpha value is -2.05. The molecule has 2 aromatic carbocycles. The molecule has 1 saturated heterocycles. The lowest BCUT2D eigenvalue weighted by atomic mass is 10.2. The molecule has 0 spiro atoms. The predicted molar refractivity (Wildman–Crippen MR) is 99.9 cm³/mol. The zero-order valence-corrected chi connectivity index (χ0v) is 15.7. The summed E-state index contributed by atoms with van der Waals surface area (Å²) in [6.45, 7) is 6.23. The smallest absolute Gasteiger partial charge is 0.246 e. The highest BCUT2D eigenvalue weighted by molar-refractivity contribution is 7.89. The standard InChI is InChI=1S/C19H24N2O3S/c1-15-4-7-17(8-5-15)20-10-12-21(13-11-20)25(22,23)19-14-16(2)6-9-18(19)24-3/h4-9,14H,10-13H2,1-3H3. The minimum absolute atomic E-state index is 0.249. The van der Waals surface area contributed by atoms with Gasteiger partial charge >= 0.3 is 0 Å². The largest absolute Gasteiger partial charge is 0.495 e. The lowest BCUT2D eigenvalue weighted by molar-refractivity contribution is 0.374. The molecule has 0 N–H and O–H groups in total. The molecule has 0 atom stereocenters. The van der Waals surface area contributed by atoms with Gasteiger partial charge in [-0.25, -0.2) is 8.42 Å². The van der Waals surface area contributed by atoms with Crippen LogP contribution in [0.15, 0.2) is 47.4 Å². The molecule has 0 radical (unpaired) electrons. The number of hydrogen-bond donors (Lipinski definition) is 0. The molecule has 5 nitrogen and oxygen atoms in total. The Morgan fingerprint density at radius 2 is 1.48 bits per heavy atom. The van der Waals surface area contributed by atoms with Crippen LogP contribution in [0.3, 0.4) is 0 Å². The molecule has 25 heavy (non-hydrogen) atoms. The molecule has 0 unspecified atom stereocenters. The van der Waals surface area contributed by atoms with E-state index < -0.39 is 10.0 Å². The van der Waals surface area contributed by atoms with E-state index in [0.717, 1.165) is 11.3 Å². The van der Waals surface area contributed by atoms with Gasteiger partial charge in [0.05, 0.1) is 7.11 Å².